The predicted molar refractivity (Wildman–Crippen MR) is 170 cm³/mol. The molecule has 238 valence electrons. The van der Waals surface area contributed by atoms with Gasteiger partial charge < -0.3 is 10.4 Å². The molecule has 0 aromatic heterocycles. The minimum absolute atomic E-state index is 0.258. The van der Waals surface area contributed by atoms with Crippen LogP contribution in [0.25, 0.3) is 0 Å². The minimum atomic E-state index is -4.30. The number of carbonyl (C=O) groups is 1. The average Bonchev–Trinajstić information content (AvgIpc) is 2.90. The summed E-state index contributed by atoms with van der Waals surface area (Å²) >= 11 is 0. The highest BCUT2D eigenvalue weighted by Gasteiger charge is 2.26. The third-order valence-electron chi connectivity index (χ3n) is 7.70. The van der Waals surface area contributed by atoms with E-state index in [1.807, 2.05) is 0 Å². The van der Waals surface area contributed by atoms with Gasteiger partial charge in [0.1, 0.15) is 0 Å². The molecule has 0 saturated heterocycles. The van der Waals surface area contributed by atoms with Gasteiger partial charge in [-0.1, -0.05) is 148 Å². The van der Waals surface area contributed by atoms with Crippen LogP contribution in [0.2, 0.25) is 0 Å². The van der Waals surface area contributed by atoms with Crippen molar-refractivity contribution in [3.8, 4) is 0 Å². The number of carbonyl (C=O) groups excluding carboxylic acids is 1. The van der Waals surface area contributed by atoms with E-state index in [0.29, 0.717) is 12.8 Å². The maximum absolute atomic E-state index is 12.4. The van der Waals surface area contributed by atoms with Gasteiger partial charge in [-0.25, -0.2) is 0 Å². The Morgan fingerprint density at radius 2 is 1.10 bits per heavy atom. The molecule has 40 heavy (non-hydrogen) atoms. The third-order valence-corrected chi connectivity index (χ3v) is 8.48. The number of unbranched alkanes of at least 4 members (excludes halogenated alkanes) is 20. The van der Waals surface area contributed by atoms with Crippen molar-refractivity contribution in [2.75, 3.05) is 5.75 Å². The second-order valence-electron chi connectivity index (χ2n) is 11.8. The largest absolute Gasteiger partial charge is 0.391 e. The lowest BCUT2D eigenvalue weighted by Gasteiger charge is -2.23. The van der Waals surface area contributed by atoms with Gasteiger partial charge in [-0.3, -0.25) is 9.35 Å². The first-order chi connectivity index (χ1) is 19.3. The summed E-state index contributed by atoms with van der Waals surface area (Å²) in [6.07, 6.45) is 31.6. The predicted octanol–water partition coefficient (Wildman–Crippen LogP) is 9.07. The summed E-state index contributed by atoms with van der Waals surface area (Å²) < 4.78 is 32.3. The average molecular weight is 588 g/mol. The number of hydrogen-bond donors (Lipinski definition) is 3. The second kappa shape index (κ2) is 28.2. The lowest BCUT2D eigenvalue weighted by molar-refractivity contribution is -0.122. The van der Waals surface area contributed by atoms with Crippen LogP contribution < -0.4 is 5.32 Å². The minimum Gasteiger partial charge on any atom is -0.391 e. The van der Waals surface area contributed by atoms with Crippen LogP contribution in [0, 0.1) is 0 Å². The topological polar surface area (TPSA) is 104 Å². The molecule has 6 nitrogen and oxygen atoms in total. The summed E-state index contributed by atoms with van der Waals surface area (Å²) in [5, 5.41) is 13.2. The molecule has 0 aliphatic rings. The Balaban J connectivity index is 3.94. The molecule has 0 aliphatic carbocycles. The Hall–Kier alpha value is -0.920. The number of nitrogens with one attached hydrogen (secondary N) is 1. The van der Waals surface area contributed by atoms with Crippen molar-refractivity contribution in [2.24, 2.45) is 0 Å². The zero-order valence-corrected chi connectivity index (χ0v) is 27.0. The van der Waals surface area contributed by atoms with Crippen molar-refractivity contribution >= 4 is 16.0 Å². The van der Waals surface area contributed by atoms with Gasteiger partial charge in [-0.05, 0) is 32.1 Å². The second-order valence-corrected chi connectivity index (χ2v) is 13.3. The Bertz CT molecular complexity index is 695. The lowest BCUT2D eigenvalue weighted by atomic mass is 10.0. The van der Waals surface area contributed by atoms with Gasteiger partial charge in [-0.2, -0.15) is 8.42 Å². The molecule has 0 saturated carbocycles. The number of aliphatic hydroxyl groups excluding tert-OH is 1. The van der Waals surface area contributed by atoms with Crippen molar-refractivity contribution in [3.05, 3.63) is 12.2 Å². The maximum atomic E-state index is 12.4. The molecule has 2 atom stereocenters. The van der Waals surface area contributed by atoms with Crippen molar-refractivity contribution in [1.29, 1.82) is 0 Å². The molecule has 0 radical (unpaired) electrons. The highest BCUT2D eigenvalue weighted by molar-refractivity contribution is 7.85. The monoisotopic (exact) mass is 587 g/mol. The normalized spacial score (nSPS) is 13.6. The molecular weight excluding hydrogens is 522 g/mol. The molecule has 0 aromatic rings. The molecule has 1 amide bonds. The third kappa shape index (κ3) is 28.6. The quantitative estimate of drug-likeness (QED) is 0.0442. The molecule has 3 N–H and O–H groups in total. The zero-order chi connectivity index (χ0) is 29.7. The molecule has 0 spiro atoms. The lowest BCUT2D eigenvalue weighted by Crippen LogP contribution is -2.47. The first-order valence-corrected chi connectivity index (χ1v) is 18.5. The van der Waals surface area contributed by atoms with Gasteiger partial charge in [0.2, 0.25) is 5.91 Å². The fourth-order valence-corrected chi connectivity index (χ4v) is 5.92. The Kier molecular flexibility index (Phi) is 27.6. The molecule has 0 aliphatic heterocycles. The number of aliphatic hydroxyl groups is 1. The van der Waals surface area contributed by atoms with Crippen LogP contribution in [0.1, 0.15) is 174 Å². The van der Waals surface area contributed by atoms with E-state index in [1.54, 1.807) is 0 Å². The van der Waals surface area contributed by atoms with Crippen LogP contribution in [-0.2, 0) is 14.9 Å². The highest BCUT2D eigenvalue weighted by atomic mass is 32.2. The number of amides is 1. The number of allylic oxidation sites excluding steroid dienone is 2. The Morgan fingerprint density at radius 1 is 0.650 bits per heavy atom. The molecule has 0 heterocycles. The van der Waals surface area contributed by atoms with Gasteiger partial charge >= 0.3 is 0 Å². The van der Waals surface area contributed by atoms with Crippen molar-refractivity contribution < 1.29 is 22.9 Å². The Morgan fingerprint density at radius 3 is 1.60 bits per heavy atom. The van der Waals surface area contributed by atoms with Gasteiger partial charge in [0.25, 0.3) is 10.1 Å². The van der Waals surface area contributed by atoms with Crippen LogP contribution in [0.5, 0.6) is 0 Å². The first kappa shape index (κ1) is 39.1. The maximum Gasteiger partial charge on any atom is 0.266 e. The van der Waals surface area contributed by atoms with Crippen LogP contribution >= 0.6 is 0 Å². The van der Waals surface area contributed by atoms with Crippen LogP contribution in [0.15, 0.2) is 12.2 Å². The summed E-state index contributed by atoms with van der Waals surface area (Å²) in [5.41, 5.74) is 0. The fraction of sp³-hybridized carbons (Fsp3) is 0.909. The van der Waals surface area contributed by atoms with Gasteiger partial charge in [0.05, 0.1) is 17.9 Å². The van der Waals surface area contributed by atoms with E-state index in [-0.39, 0.29) is 5.91 Å². The van der Waals surface area contributed by atoms with Crippen LogP contribution in [0.3, 0.4) is 0 Å². The molecule has 7 heteroatoms. The van der Waals surface area contributed by atoms with Crippen molar-refractivity contribution in [1.82, 2.24) is 5.32 Å². The van der Waals surface area contributed by atoms with E-state index in [0.717, 1.165) is 64.2 Å². The van der Waals surface area contributed by atoms with Crippen LogP contribution in [-0.4, -0.2) is 41.9 Å². The van der Waals surface area contributed by atoms with Gasteiger partial charge in [0.15, 0.2) is 0 Å². The van der Waals surface area contributed by atoms with Gasteiger partial charge in [0, 0.05) is 6.42 Å². The molecule has 0 aromatic carbocycles. The molecule has 0 fully saturated rings. The van der Waals surface area contributed by atoms with E-state index in [2.05, 4.69) is 31.3 Å². The SMILES string of the molecule is CCC/C=C\CCCCCCCC(=O)NC(CS(=O)(=O)O)C(O)CCCCCCCCCCCCCCCCC. The van der Waals surface area contributed by atoms with Crippen LogP contribution in [0.4, 0.5) is 0 Å². The molecular formula is C33H65NO5S. The summed E-state index contributed by atoms with van der Waals surface area (Å²) in [6, 6.07) is -0.968. The molecule has 0 rings (SSSR count). The van der Waals surface area contributed by atoms with E-state index in [4.69, 9.17) is 0 Å². The smallest absolute Gasteiger partial charge is 0.266 e. The molecule has 0 bridgehead atoms. The van der Waals surface area contributed by atoms with Crippen molar-refractivity contribution in [3.63, 3.8) is 0 Å². The van der Waals surface area contributed by atoms with E-state index >= 15 is 0 Å². The van der Waals surface area contributed by atoms with E-state index in [1.165, 1.54) is 83.5 Å². The van der Waals surface area contributed by atoms with Crippen molar-refractivity contribution in [2.45, 2.75) is 187 Å². The summed E-state index contributed by atoms with van der Waals surface area (Å²) in [7, 11) is -4.30. The summed E-state index contributed by atoms with van der Waals surface area (Å²) in [5.74, 6) is -0.906. The summed E-state index contributed by atoms with van der Waals surface area (Å²) in [6.45, 7) is 4.43. The zero-order valence-electron chi connectivity index (χ0n) is 26.2. The summed E-state index contributed by atoms with van der Waals surface area (Å²) in [4.78, 5) is 12.4. The first-order valence-electron chi connectivity index (χ1n) is 16.9. The van der Waals surface area contributed by atoms with Gasteiger partial charge in [-0.15, -0.1) is 0 Å². The Labute approximate surface area is 248 Å². The standard InChI is InChI=1S/C33H65NO5S/c1-3-5-7-9-11-13-15-16-17-18-19-20-22-24-26-28-32(35)31(30-40(37,38)39)34-33(36)29-27-25-23-21-14-12-10-8-6-4-2/h8,10,31-32,35H,3-7,9,11-30H2,1-2H3,(H,34,36)(H,37,38,39)/b10-8-. The fourth-order valence-electron chi connectivity index (χ4n) is 5.16. The highest BCUT2D eigenvalue weighted by Crippen LogP contribution is 2.15. The number of rotatable bonds is 30. The van der Waals surface area contributed by atoms with E-state index < -0.39 is 28.0 Å². The van der Waals surface area contributed by atoms with E-state index in [9.17, 15) is 22.9 Å². The number of hydrogen-bond acceptors (Lipinski definition) is 4. The molecule has 2 unspecified atom stereocenters.